The molecule has 1 unspecified atom stereocenters. The lowest BCUT2D eigenvalue weighted by atomic mass is 9.91. The molecule has 1 aromatic rings. The molecule has 7 N–H and O–H groups in total. The number of aliphatic carboxylic acids is 1. The lowest BCUT2D eigenvalue weighted by Crippen LogP contribution is -2.36. The summed E-state index contributed by atoms with van der Waals surface area (Å²) in [6.45, 7) is 11.6. The monoisotopic (exact) mass is 622 g/mol. The second kappa shape index (κ2) is 12.8. The summed E-state index contributed by atoms with van der Waals surface area (Å²) in [5.41, 5.74) is 8.65. The quantitative estimate of drug-likeness (QED) is 0.138. The Morgan fingerprint density at radius 3 is 2.39 bits per heavy atom. The summed E-state index contributed by atoms with van der Waals surface area (Å²) in [6.07, 6.45) is 5.57. The summed E-state index contributed by atoms with van der Waals surface area (Å²) in [7, 11) is 0. The zero-order chi connectivity index (χ0) is 31.9. The van der Waals surface area contributed by atoms with Crippen LogP contribution >= 0.6 is 11.8 Å². The number of carboxylic acid groups (broad SMARTS) is 1. The lowest BCUT2D eigenvalue weighted by Gasteiger charge is -2.20. The molecule has 2 amide bonds. The third-order valence-corrected chi connectivity index (χ3v) is 10.5. The van der Waals surface area contributed by atoms with Crippen molar-refractivity contribution in [1.29, 1.82) is 0 Å². The van der Waals surface area contributed by atoms with Gasteiger partial charge in [0.25, 0.3) is 5.91 Å². The largest absolute Gasteiger partial charge is 0.481 e. The molecular formula is C33H42N4O6S. The van der Waals surface area contributed by atoms with Gasteiger partial charge in [-0.25, -0.2) is 0 Å². The molecule has 2 fully saturated rings. The van der Waals surface area contributed by atoms with Crippen LogP contribution in [-0.2, 0) is 20.8 Å². The van der Waals surface area contributed by atoms with Gasteiger partial charge in [0, 0.05) is 70.1 Å². The first-order valence-corrected chi connectivity index (χ1v) is 16.2. The van der Waals surface area contributed by atoms with Gasteiger partial charge in [-0.2, -0.15) is 11.8 Å². The standard InChI is InChI=1S/C33H42N4O6S/c1-6-19-15(2)24(36-33(19)43)11-22-16(3)20(7-9-29(38)39)25(34-22)13-26-21(8-10-30(40)41)17(4)23(35-26)12-27-31(28-14-44-28)18(5)32(42)37-27/h6,12-13,18,22,24,28,30-31,34-35,40-41H,1,7-11,14H2,2-5H3,(H,36,43)(H,37,42)(H,38,39)/b25-13-,27-12-/t18-,22?,24-,28-,31-/m1/s1. The molecule has 5 atom stereocenters. The fourth-order valence-corrected chi connectivity index (χ4v) is 7.61. The van der Waals surface area contributed by atoms with Crippen LogP contribution < -0.4 is 16.0 Å². The molecule has 5 heterocycles. The molecule has 0 aromatic carbocycles. The third kappa shape index (κ3) is 6.45. The van der Waals surface area contributed by atoms with E-state index in [0.29, 0.717) is 30.1 Å². The fraction of sp³-hybridized carbons (Fsp3) is 0.485. The molecule has 0 saturated carbocycles. The Kier molecular flexibility index (Phi) is 9.29. The van der Waals surface area contributed by atoms with Crippen LogP contribution in [0.4, 0.5) is 0 Å². The van der Waals surface area contributed by atoms with Crippen molar-refractivity contribution in [3.8, 4) is 0 Å². The van der Waals surface area contributed by atoms with E-state index in [2.05, 4.69) is 27.5 Å². The predicted octanol–water partition coefficient (Wildman–Crippen LogP) is 3.29. The van der Waals surface area contributed by atoms with E-state index < -0.39 is 12.3 Å². The van der Waals surface area contributed by atoms with Crippen LogP contribution in [0.2, 0.25) is 0 Å². The van der Waals surface area contributed by atoms with Gasteiger partial charge in [-0.3, -0.25) is 14.4 Å². The molecular weight excluding hydrogens is 580 g/mol. The van der Waals surface area contributed by atoms with Crippen LogP contribution in [0.5, 0.6) is 0 Å². The molecule has 44 heavy (non-hydrogen) atoms. The molecule has 0 radical (unpaired) electrons. The summed E-state index contributed by atoms with van der Waals surface area (Å²) < 4.78 is 0. The number of aliphatic hydroxyl groups excluding tert-OH is 1. The minimum absolute atomic E-state index is 0.0255. The average Bonchev–Trinajstić information content (AvgIpc) is 3.53. The molecule has 10 nitrogen and oxygen atoms in total. The highest BCUT2D eigenvalue weighted by atomic mass is 32.2. The number of amides is 2. The normalized spacial score (nSPS) is 28.4. The van der Waals surface area contributed by atoms with Crippen molar-refractivity contribution in [2.75, 3.05) is 5.75 Å². The van der Waals surface area contributed by atoms with Crippen LogP contribution in [0.1, 0.15) is 69.0 Å². The highest BCUT2D eigenvalue weighted by molar-refractivity contribution is 8.06. The first-order chi connectivity index (χ1) is 20.9. The van der Waals surface area contributed by atoms with Crippen molar-refractivity contribution in [1.82, 2.24) is 20.9 Å². The Morgan fingerprint density at radius 1 is 1.07 bits per heavy atom. The van der Waals surface area contributed by atoms with Gasteiger partial charge < -0.3 is 36.3 Å². The number of nitrogens with one attached hydrogen (secondary N) is 4. The maximum atomic E-state index is 12.6. The zero-order valence-electron chi connectivity index (χ0n) is 25.6. The highest BCUT2D eigenvalue weighted by Gasteiger charge is 2.45. The van der Waals surface area contributed by atoms with Gasteiger partial charge in [-0.15, -0.1) is 0 Å². The number of H-pyrrole nitrogens is 1. The van der Waals surface area contributed by atoms with Crippen molar-refractivity contribution in [2.24, 2.45) is 11.8 Å². The number of carbonyl (C=O) groups is 3. The fourth-order valence-electron chi connectivity index (χ4n) is 6.70. The van der Waals surface area contributed by atoms with Crippen LogP contribution in [0.25, 0.3) is 12.2 Å². The van der Waals surface area contributed by atoms with Crippen molar-refractivity contribution in [3.05, 3.63) is 68.9 Å². The third-order valence-electron chi connectivity index (χ3n) is 9.45. The topological polar surface area (TPSA) is 164 Å². The van der Waals surface area contributed by atoms with Crippen LogP contribution in [-0.4, -0.2) is 67.5 Å². The SMILES string of the molecule is C=CC1=C(C)[C@@H](CC2N/C(=C\c3[nH]c(/C=C4\NC(=O)[C@H](C)[C@H]4[C@H]4CS4)c(C)c3CCC(O)O)C(CCC(=O)O)=C2C)NC1=O. The van der Waals surface area contributed by atoms with Crippen molar-refractivity contribution in [3.63, 3.8) is 0 Å². The Bertz CT molecular complexity index is 1510. The molecule has 0 spiro atoms. The molecule has 5 rings (SSSR count). The van der Waals surface area contributed by atoms with Gasteiger partial charge in [0.05, 0.1) is 6.04 Å². The number of rotatable bonds is 12. The number of aromatic amines is 1. The number of carboxylic acids is 1. The maximum Gasteiger partial charge on any atom is 0.303 e. The van der Waals surface area contributed by atoms with Gasteiger partial charge in [-0.1, -0.05) is 19.6 Å². The number of aromatic nitrogens is 1. The Morgan fingerprint density at radius 2 is 1.77 bits per heavy atom. The molecule has 4 aliphatic rings. The minimum Gasteiger partial charge on any atom is -0.481 e. The summed E-state index contributed by atoms with van der Waals surface area (Å²) in [5.74, 6) is 0.0619. The van der Waals surface area contributed by atoms with Crippen LogP contribution in [0.3, 0.4) is 0 Å². The summed E-state index contributed by atoms with van der Waals surface area (Å²) >= 11 is 1.86. The molecule has 2 saturated heterocycles. The first kappa shape index (κ1) is 31.9. The van der Waals surface area contributed by atoms with E-state index in [4.69, 9.17) is 0 Å². The first-order valence-electron chi connectivity index (χ1n) is 15.1. The number of carbonyl (C=O) groups excluding carboxylic acids is 2. The van der Waals surface area contributed by atoms with Crippen LogP contribution in [0.15, 0.2) is 46.3 Å². The molecule has 11 heteroatoms. The highest BCUT2D eigenvalue weighted by Crippen LogP contribution is 2.46. The number of thioether (sulfide) groups is 1. The summed E-state index contributed by atoms with van der Waals surface area (Å²) in [5, 5.41) is 39.0. The number of aliphatic hydroxyl groups is 2. The lowest BCUT2D eigenvalue weighted by molar-refractivity contribution is -0.137. The van der Waals surface area contributed by atoms with Crippen molar-refractivity contribution >= 4 is 41.7 Å². The second-order valence-electron chi connectivity index (χ2n) is 12.2. The number of allylic oxidation sites excluding steroid dienone is 2. The Labute approximate surface area is 261 Å². The zero-order valence-corrected chi connectivity index (χ0v) is 26.4. The molecule has 1 aromatic heterocycles. The van der Waals surface area contributed by atoms with E-state index in [9.17, 15) is 29.7 Å². The van der Waals surface area contributed by atoms with E-state index in [1.165, 1.54) is 0 Å². The number of hydrogen-bond donors (Lipinski definition) is 7. The van der Waals surface area contributed by atoms with E-state index in [0.717, 1.165) is 56.4 Å². The summed E-state index contributed by atoms with van der Waals surface area (Å²) in [4.78, 5) is 40.1. The van der Waals surface area contributed by atoms with Gasteiger partial charge in [0.1, 0.15) is 0 Å². The van der Waals surface area contributed by atoms with E-state index in [-0.39, 0.29) is 48.6 Å². The molecule has 0 aliphatic carbocycles. The van der Waals surface area contributed by atoms with Crippen LogP contribution in [0, 0.1) is 18.8 Å². The minimum atomic E-state index is -1.46. The van der Waals surface area contributed by atoms with Gasteiger partial charge >= 0.3 is 5.97 Å². The van der Waals surface area contributed by atoms with E-state index in [1.54, 1.807) is 6.08 Å². The van der Waals surface area contributed by atoms with E-state index >= 15 is 0 Å². The van der Waals surface area contributed by atoms with Crippen molar-refractivity contribution < 1.29 is 29.7 Å². The Hall–Kier alpha value is -3.54. The van der Waals surface area contributed by atoms with Gasteiger partial charge in [0.15, 0.2) is 6.29 Å². The van der Waals surface area contributed by atoms with Crippen molar-refractivity contribution in [2.45, 2.75) is 83.4 Å². The summed E-state index contributed by atoms with van der Waals surface area (Å²) in [6, 6.07) is -0.293. The smallest absolute Gasteiger partial charge is 0.303 e. The second-order valence-corrected chi connectivity index (χ2v) is 13.5. The maximum absolute atomic E-state index is 12.6. The molecule has 236 valence electrons. The van der Waals surface area contributed by atoms with Gasteiger partial charge in [-0.05, 0) is 80.0 Å². The van der Waals surface area contributed by atoms with Gasteiger partial charge in [0.2, 0.25) is 5.91 Å². The predicted molar refractivity (Wildman–Crippen MR) is 171 cm³/mol. The van der Waals surface area contributed by atoms with E-state index in [1.807, 2.05) is 51.6 Å². The number of hydrogen-bond acceptors (Lipinski definition) is 7. The Balaban J connectivity index is 1.51. The molecule has 4 aliphatic heterocycles. The average molecular weight is 623 g/mol. The molecule has 0 bridgehead atoms.